The molecule has 3 aromatic rings. The number of esters is 1. The number of carbonyl (C=O) groups excluding carboxylic acids is 1. The summed E-state index contributed by atoms with van der Waals surface area (Å²) in [5.41, 5.74) is 0.991. The molecule has 1 fully saturated rings. The topological polar surface area (TPSA) is 121 Å². The molecule has 0 N–H and O–H groups in total. The van der Waals surface area contributed by atoms with Crippen LogP contribution in [0.3, 0.4) is 0 Å². The van der Waals surface area contributed by atoms with Gasteiger partial charge < -0.3 is 18.7 Å². The Balaban J connectivity index is 1.41. The van der Waals surface area contributed by atoms with Crippen molar-refractivity contribution in [2.45, 2.75) is 17.9 Å². The van der Waals surface area contributed by atoms with Gasteiger partial charge in [-0.3, -0.25) is 4.79 Å². The molecule has 2 heterocycles. The Labute approximate surface area is 195 Å². The number of sulfonamides is 1. The van der Waals surface area contributed by atoms with Crippen molar-refractivity contribution < 1.29 is 36.3 Å². The highest BCUT2D eigenvalue weighted by atomic mass is 32.2. The Morgan fingerprint density at radius 3 is 2.59 bits per heavy atom. The van der Waals surface area contributed by atoms with Gasteiger partial charge in [0.05, 0.1) is 26.7 Å². The van der Waals surface area contributed by atoms with Crippen molar-refractivity contribution in [2.24, 2.45) is 0 Å². The van der Waals surface area contributed by atoms with Crippen LogP contribution in [-0.2, 0) is 37.3 Å². The quantitative estimate of drug-likeness (QED) is 0.437. The second kappa shape index (κ2) is 10.3. The molecule has 1 aliphatic rings. The van der Waals surface area contributed by atoms with E-state index in [-0.39, 0.29) is 54.3 Å². The number of carbonyl (C=O) groups is 1. The van der Waals surface area contributed by atoms with Gasteiger partial charge in [-0.25, -0.2) is 12.8 Å². The highest BCUT2D eigenvalue weighted by Crippen LogP contribution is 2.28. The largest absolute Gasteiger partial charge is 0.495 e. The zero-order chi connectivity index (χ0) is 24.1. The van der Waals surface area contributed by atoms with E-state index in [0.717, 1.165) is 0 Å². The Morgan fingerprint density at radius 2 is 1.88 bits per heavy atom. The van der Waals surface area contributed by atoms with Crippen molar-refractivity contribution in [3.8, 4) is 17.1 Å². The fraction of sp³-hybridized carbons (Fsp3) is 0.318. The Hall–Kier alpha value is -3.35. The van der Waals surface area contributed by atoms with Crippen LogP contribution in [0, 0.1) is 5.82 Å². The number of aromatic nitrogens is 2. The summed E-state index contributed by atoms with van der Waals surface area (Å²) in [6, 6.07) is 10.1. The summed E-state index contributed by atoms with van der Waals surface area (Å²) in [7, 11) is -2.44. The van der Waals surface area contributed by atoms with Crippen molar-refractivity contribution >= 4 is 16.0 Å². The number of methoxy groups -OCH3 is 1. The van der Waals surface area contributed by atoms with E-state index in [1.807, 2.05) is 0 Å². The molecule has 1 aliphatic heterocycles. The number of benzene rings is 2. The normalized spacial score (nSPS) is 14.6. The zero-order valence-electron chi connectivity index (χ0n) is 18.3. The lowest BCUT2D eigenvalue weighted by atomic mass is 10.1. The van der Waals surface area contributed by atoms with Gasteiger partial charge in [0.15, 0.2) is 6.61 Å². The molecule has 0 aliphatic carbocycles. The van der Waals surface area contributed by atoms with E-state index in [9.17, 15) is 17.6 Å². The smallest absolute Gasteiger partial charge is 0.310 e. The summed E-state index contributed by atoms with van der Waals surface area (Å²) in [6.45, 7) is 0.837. The van der Waals surface area contributed by atoms with Crippen molar-refractivity contribution in [3.05, 3.63) is 59.7 Å². The Bertz CT molecular complexity index is 1260. The van der Waals surface area contributed by atoms with Gasteiger partial charge in [0.1, 0.15) is 16.5 Å². The van der Waals surface area contributed by atoms with Crippen molar-refractivity contribution in [1.82, 2.24) is 14.4 Å². The molecule has 34 heavy (non-hydrogen) atoms. The first kappa shape index (κ1) is 23.8. The average Bonchev–Trinajstić information content (AvgIpc) is 3.33. The first-order valence-corrected chi connectivity index (χ1v) is 11.8. The summed E-state index contributed by atoms with van der Waals surface area (Å²) in [5, 5.41) is 3.79. The Kier molecular flexibility index (Phi) is 7.20. The molecule has 1 saturated heterocycles. The van der Waals surface area contributed by atoms with Crippen LogP contribution in [0.2, 0.25) is 0 Å². The summed E-state index contributed by atoms with van der Waals surface area (Å²) in [5.74, 6) is -0.512. The highest BCUT2D eigenvalue weighted by molar-refractivity contribution is 7.89. The maximum atomic E-state index is 13.1. The third-order valence-electron chi connectivity index (χ3n) is 5.09. The number of ether oxygens (including phenoxy) is 3. The Morgan fingerprint density at radius 1 is 1.15 bits per heavy atom. The van der Waals surface area contributed by atoms with Crippen LogP contribution in [-0.4, -0.2) is 62.2 Å². The molecule has 0 radical (unpaired) electrons. The molecular formula is C22H22FN3O7S. The van der Waals surface area contributed by atoms with Crippen molar-refractivity contribution in [2.75, 3.05) is 33.4 Å². The van der Waals surface area contributed by atoms with Crippen LogP contribution in [0.4, 0.5) is 4.39 Å². The van der Waals surface area contributed by atoms with Crippen LogP contribution < -0.4 is 4.74 Å². The minimum absolute atomic E-state index is 0.0250. The lowest BCUT2D eigenvalue weighted by Gasteiger charge is -2.26. The van der Waals surface area contributed by atoms with Crippen molar-refractivity contribution in [1.29, 1.82) is 0 Å². The fourth-order valence-corrected chi connectivity index (χ4v) is 4.96. The van der Waals surface area contributed by atoms with E-state index >= 15 is 0 Å². The number of nitrogens with zero attached hydrogens (tertiary/aromatic N) is 3. The number of hydrogen-bond donors (Lipinski definition) is 0. The number of halogens is 1. The second-order valence-corrected chi connectivity index (χ2v) is 9.26. The predicted molar refractivity (Wildman–Crippen MR) is 116 cm³/mol. The van der Waals surface area contributed by atoms with Gasteiger partial charge in [-0.15, -0.1) is 0 Å². The maximum absolute atomic E-state index is 13.1. The van der Waals surface area contributed by atoms with E-state index in [1.54, 1.807) is 6.07 Å². The first-order valence-electron chi connectivity index (χ1n) is 10.4. The van der Waals surface area contributed by atoms with E-state index < -0.39 is 16.0 Å². The predicted octanol–water partition coefficient (Wildman–Crippen LogP) is 2.19. The zero-order valence-corrected chi connectivity index (χ0v) is 19.1. The molecule has 0 saturated carbocycles. The molecular weight excluding hydrogens is 469 g/mol. The summed E-state index contributed by atoms with van der Waals surface area (Å²) in [6.07, 6.45) is -0.172. The molecule has 0 unspecified atom stereocenters. The van der Waals surface area contributed by atoms with Gasteiger partial charge in [-0.05, 0) is 42.0 Å². The van der Waals surface area contributed by atoms with Crippen LogP contribution in [0.15, 0.2) is 51.9 Å². The van der Waals surface area contributed by atoms with Crippen LogP contribution in [0.1, 0.15) is 11.5 Å². The minimum Gasteiger partial charge on any atom is -0.495 e. The molecule has 180 valence electrons. The molecule has 4 rings (SSSR count). The van der Waals surface area contributed by atoms with E-state index in [0.29, 0.717) is 24.3 Å². The molecule has 0 bridgehead atoms. The number of rotatable bonds is 8. The monoisotopic (exact) mass is 491 g/mol. The number of hydrogen-bond acceptors (Lipinski definition) is 9. The highest BCUT2D eigenvalue weighted by Gasteiger charge is 2.29. The number of morpholine rings is 1. The van der Waals surface area contributed by atoms with Gasteiger partial charge >= 0.3 is 5.97 Å². The third kappa shape index (κ3) is 5.41. The second-order valence-electron chi connectivity index (χ2n) is 7.36. The lowest BCUT2D eigenvalue weighted by molar-refractivity contribution is -0.144. The molecule has 10 nitrogen and oxygen atoms in total. The summed E-state index contributed by atoms with van der Waals surface area (Å²) in [4.78, 5) is 16.5. The molecule has 12 heteroatoms. The van der Waals surface area contributed by atoms with Gasteiger partial charge in [-0.1, -0.05) is 11.2 Å². The van der Waals surface area contributed by atoms with Crippen molar-refractivity contribution in [3.63, 3.8) is 0 Å². The molecule has 0 amide bonds. The van der Waals surface area contributed by atoms with Gasteiger partial charge in [0, 0.05) is 18.7 Å². The first-order chi connectivity index (χ1) is 16.4. The minimum atomic E-state index is -3.83. The molecule has 1 aromatic heterocycles. The molecule has 2 aromatic carbocycles. The average molecular weight is 491 g/mol. The third-order valence-corrected chi connectivity index (χ3v) is 7.01. The van der Waals surface area contributed by atoms with E-state index in [4.69, 9.17) is 18.7 Å². The van der Waals surface area contributed by atoms with E-state index in [2.05, 4.69) is 10.1 Å². The standard InChI is InChI=1S/C22H22FN3O7S/c1-30-18-7-2-15(12-19(18)34(28,29)26-8-10-31-11-9-26)13-21(27)32-14-20-24-22(25-33-20)16-3-5-17(23)6-4-16/h2-7,12H,8-11,13-14H2,1H3. The fourth-order valence-electron chi connectivity index (χ4n) is 3.35. The van der Waals surface area contributed by atoms with Crippen LogP contribution in [0.25, 0.3) is 11.4 Å². The molecule has 0 atom stereocenters. The van der Waals surface area contributed by atoms with Gasteiger partial charge in [0.25, 0.3) is 5.89 Å². The van der Waals surface area contributed by atoms with Crippen LogP contribution >= 0.6 is 0 Å². The van der Waals surface area contributed by atoms with Gasteiger partial charge in [-0.2, -0.15) is 9.29 Å². The molecule has 0 spiro atoms. The lowest BCUT2D eigenvalue weighted by Crippen LogP contribution is -2.40. The summed E-state index contributed by atoms with van der Waals surface area (Å²) < 4.78 is 61.3. The van der Waals surface area contributed by atoms with E-state index in [1.165, 1.54) is 47.8 Å². The van der Waals surface area contributed by atoms with Crippen LogP contribution in [0.5, 0.6) is 5.75 Å². The van der Waals surface area contributed by atoms with Gasteiger partial charge in [0.2, 0.25) is 15.8 Å². The maximum Gasteiger partial charge on any atom is 0.310 e. The SMILES string of the molecule is COc1ccc(CC(=O)OCc2nc(-c3ccc(F)cc3)no2)cc1S(=O)(=O)N1CCOCC1. The summed E-state index contributed by atoms with van der Waals surface area (Å²) >= 11 is 0.